The first-order valence-electron chi connectivity index (χ1n) is 4.05. The number of allylic oxidation sites excluding steroid dienone is 2. The zero-order chi connectivity index (χ0) is 9.19. The average Bonchev–Trinajstić information content (AvgIpc) is 2.55. The summed E-state index contributed by atoms with van der Waals surface area (Å²) in [5.41, 5.74) is 1.13. The Hall–Kier alpha value is 0.170. The smallest absolute Gasteiger partial charge is 0.184 e. The molecule has 2 nitrogen and oxygen atoms in total. The van der Waals surface area contributed by atoms with Crippen molar-refractivity contribution in [1.29, 1.82) is 0 Å². The molecule has 1 saturated carbocycles. The molecule has 70 valence electrons. The van der Waals surface area contributed by atoms with Crippen molar-refractivity contribution in [1.82, 2.24) is 0 Å². The van der Waals surface area contributed by atoms with Crippen LogP contribution in [0.15, 0.2) is 10.5 Å². The molecular weight excluding hydrogens is 240 g/mol. The lowest BCUT2D eigenvalue weighted by Gasteiger charge is -2.04. The van der Waals surface area contributed by atoms with E-state index in [0.29, 0.717) is 4.91 Å². The average molecular weight is 253 g/mol. The van der Waals surface area contributed by atoms with E-state index in [0.717, 1.165) is 31.3 Å². The fraction of sp³-hybridized carbons (Fsp3) is 0.750. The molecule has 1 aliphatic carbocycles. The zero-order valence-corrected chi connectivity index (χ0v) is 9.54. The third-order valence-electron chi connectivity index (χ3n) is 2.32. The molecule has 0 unspecified atom stereocenters. The Morgan fingerprint density at radius 2 is 1.92 bits per heavy atom. The maximum absolute atomic E-state index is 11.4. The summed E-state index contributed by atoms with van der Waals surface area (Å²) in [7, 11) is -2.99. The first-order valence-corrected chi connectivity index (χ1v) is 6.82. The Morgan fingerprint density at radius 3 is 2.33 bits per heavy atom. The second-order valence-electron chi connectivity index (χ2n) is 3.09. The normalized spacial score (nSPS) is 18.3. The first-order chi connectivity index (χ1) is 5.58. The summed E-state index contributed by atoms with van der Waals surface area (Å²) >= 11 is 3.00. The predicted molar refractivity (Wildman–Crippen MR) is 53.9 cm³/mol. The van der Waals surface area contributed by atoms with Gasteiger partial charge in [-0.05, 0) is 32.6 Å². The molecule has 0 radical (unpaired) electrons. The summed E-state index contributed by atoms with van der Waals surface area (Å²) in [6.45, 7) is 1.72. The molecule has 4 heteroatoms. The van der Waals surface area contributed by atoms with Crippen molar-refractivity contribution in [3.8, 4) is 0 Å². The lowest BCUT2D eigenvalue weighted by molar-refractivity contribution is 0.606. The van der Waals surface area contributed by atoms with E-state index in [9.17, 15) is 8.42 Å². The highest BCUT2D eigenvalue weighted by Gasteiger charge is 2.18. The minimum absolute atomic E-state index is 0.0509. The Morgan fingerprint density at radius 1 is 1.42 bits per heavy atom. The second-order valence-corrected chi connectivity index (χ2v) is 6.52. The van der Waals surface area contributed by atoms with Crippen molar-refractivity contribution in [2.45, 2.75) is 32.6 Å². The molecule has 0 aromatic carbocycles. The summed E-state index contributed by atoms with van der Waals surface area (Å²) in [4.78, 5) is 0.594. The molecule has 0 N–H and O–H groups in total. The standard InChI is InChI=1S/C8H13BrO2S/c1-7(12(10,11)6-9)8-4-2-3-5-8/h2-6H2,1H3. The van der Waals surface area contributed by atoms with Crippen molar-refractivity contribution in [3.63, 3.8) is 0 Å². The molecule has 1 aliphatic rings. The number of halogens is 1. The Balaban J connectivity index is 2.95. The summed E-state index contributed by atoms with van der Waals surface area (Å²) in [5.74, 6) is 0. The molecule has 1 rings (SSSR count). The van der Waals surface area contributed by atoms with E-state index in [1.165, 1.54) is 0 Å². The van der Waals surface area contributed by atoms with Crippen LogP contribution in [0.1, 0.15) is 32.6 Å². The van der Waals surface area contributed by atoms with Crippen LogP contribution >= 0.6 is 15.9 Å². The van der Waals surface area contributed by atoms with E-state index < -0.39 is 9.84 Å². The van der Waals surface area contributed by atoms with Crippen LogP contribution < -0.4 is 0 Å². The Bertz CT molecular complexity index is 282. The number of hydrogen-bond donors (Lipinski definition) is 0. The van der Waals surface area contributed by atoms with Gasteiger partial charge >= 0.3 is 0 Å². The maximum atomic E-state index is 11.4. The van der Waals surface area contributed by atoms with Crippen LogP contribution in [0.3, 0.4) is 0 Å². The van der Waals surface area contributed by atoms with Gasteiger partial charge in [-0.25, -0.2) is 8.42 Å². The van der Waals surface area contributed by atoms with E-state index in [1.807, 2.05) is 0 Å². The third-order valence-corrected chi connectivity index (χ3v) is 5.63. The monoisotopic (exact) mass is 252 g/mol. The van der Waals surface area contributed by atoms with Gasteiger partial charge in [0.25, 0.3) is 0 Å². The summed E-state index contributed by atoms with van der Waals surface area (Å²) in [6.07, 6.45) is 4.23. The molecule has 0 aliphatic heterocycles. The highest BCUT2D eigenvalue weighted by atomic mass is 79.9. The molecule has 0 amide bonds. The number of hydrogen-bond acceptors (Lipinski definition) is 2. The van der Waals surface area contributed by atoms with Crippen molar-refractivity contribution < 1.29 is 8.42 Å². The highest BCUT2D eigenvalue weighted by Crippen LogP contribution is 2.29. The molecule has 12 heavy (non-hydrogen) atoms. The molecule has 0 aromatic rings. The topological polar surface area (TPSA) is 34.1 Å². The van der Waals surface area contributed by atoms with Crippen LogP contribution in [-0.2, 0) is 9.84 Å². The van der Waals surface area contributed by atoms with E-state index in [2.05, 4.69) is 15.9 Å². The van der Waals surface area contributed by atoms with Gasteiger partial charge in [0.05, 0.1) is 0 Å². The number of sulfone groups is 1. The Kier molecular flexibility index (Phi) is 3.35. The molecule has 1 fully saturated rings. The van der Waals surface area contributed by atoms with Crippen LogP contribution in [0, 0.1) is 0 Å². The number of rotatable bonds is 2. The third kappa shape index (κ3) is 2.10. The van der Waals surface area contributed by atoms with Gasteiger partial charge in [-0.2, -0.15) is 0 Å². The fourth-order valence-electron chi connectivity index (χ4n) is 1.46. The first kappa shape index (κ1) is 10.3. The largest absolute Gasteiger partial charge is 0.223 e. The van der Waals surface area contributed by atoms with Crippen LogP contribution in [0.2, 0.25) is 0 Å². The molecular formula is C8H13BrO2S. The lowest BCUT2D eigenvalue weighted by Crippen LogP contribution is -2.04. The van der Waals surface area contributed by atoms with Gasteiger partial charge in [-0.1, -0.05) is 21.5 Å². The van der Waals surface area contributed by atoms with Crippen molar-refractivity contribution in [2.75, 3.05) is 4.66 Å². The predicted octanol–water partition coefficient (Wildman–Crippen LogP) is 2.60. The van der Waals surface area contributed by atoms with Gasteiger partial charge in [-0.15, -0.1) is 0 Å². The molecule has 0 saturated heterocycles. The summed E-state index contributed by atoms with van der Waals surface area (Å²) in [5, 5.41) is 0. The van der Waals surface area contributed by atoms with Gasteiger partial charge in [0.2, 0.25) is 0 Å². The van der Waals surface area contributed by atoms with Gasteiger partial charge < -0.3 is 0 Å². The molecule has 0 aromatic heterocycles. The van der Waals surface area contributed by atoms with Crippen LogP contribution in [0.25, 0.3) is 0 Å². The summed E-state index contributed by atoms with van der Waals surface area (Å²) in [6, 6.07) is 0. The molecule has 0 atom stereocenters. The van der Waals surface area contributed by atoms with Crippen LogP contribution in [0.5, 0.6) is 0 Å². The van der Waals surface area contributed by atoms with Gasteiger partial charge in [-0.3, -0.25) is 0 Å². The van der Waals surface area contributed by atoms with E-state index in [4.69, 9.17) is 0 Å². The van der Waals surface area contributed by atoms with E-state index >= 15 is 0 Å². The van der Waals surface area contributed by atoms with Gasteiger partial charge in [0, 0.05) is 4.91 Å². The summed E-state index contributed by atoms with van der Waals surface area (Å²) < 4.78 is 22.8. The van der Waals surface area contributed by atoms with Gasteiger partial charge in [0.1, 0.15) is 4.66 Å². The quantitative estimate of drug-likeness (QED) is 0.709. The van der Waals surface area contributed by atoms with E-state index in [1.54, 1.807) is 6.92 Å². The second kappa shape index (κ2) is 3.92. The Labute approximate surface area is 82.1 Å². The maximum Gasteiger partial charge on any atom is 0.184 e. The van der Waals surface area contributed by atoms with E-state index in [-0.39, 0.29) is 4.66 Å². The van der Waals surface area contributed by atoms with Crippen molar-refractivity contribution >= 4 is 25.8 Å². The minimum atomic E-state index is -2.99. The van der Waals surface area contributed by atoms with Crippen LogP contribution in [-0.4, -0.2) is 13.1 Å². The fourth-order valence-corrected chi connectivity index (χ4v) is 3.29. The van der Waals surface area contributed by atoms with Gasteiger partial charge in [0.15, 0.2) is 9.84 Å². The molecule has 0 heterocycles. The minimum Gasteiger partial charge on any atom is -0.223 e. The molecule has 0 spiro atoms. The van der Waals surface area contributed by atoms with Crippen molar-refractivity contribution in [3.05, 3.63) is 10.5 Å². The van der Waals surface area contributed by atoms with Crippen molar-refractivity contribution in [2.24, 2.45) is 0 Å². The molecule has 0 bridgehead atoms. The zero-order valence-electron chi connectivity index (χ0n) is 7.14. The highest BCUT2D eigenvalue weighted by molar-refractivity contribution is 9.10. The van der Waals surface area contributed by atoms with Crippen LogP contribution in [0.4, 0.5) is 0 Å². The number of alkyl halides is 1. The lowest BCUT2D eigenvalue weighted by atomic mass is 10.2. The SMILES string of the molecule is CC(=C1CCCC1)S(=O)(=O)CBr.